The Labute approximate surface area is 156 Å². The molecule has 0 saturated carbocycles. The van der Waals surface area contributed by atoms with Crippen molar-refractivity contribution in [3.05, 3.63) is 45.9 Å². The van der Waals surface area contributed by atoms with Gasteiger partial charge in [0, 0.05) is 23.7 Å². The molecule has 1 N–H and O–H groups in total. The Balaban J connectivity index is 1.52. The van der Waals surface area contributed by atoms with Gasteiger partial charge in [-0.3, -0.25) is 4.79 Å². The fraction of sp³-hybridized carbons (Fsp3) is 0.421. The van der Waals surface area contributed by atoms with Crippen LogP contribution in [0, 0.1) is 6.92 Å². The molecule has 1 aliphatic heterocycles. The molecule has 1 aliphatic rings. The number of pyridine rings is 1. The SMILES string of the molecule is Cc1cc(C(=O)NCCC2CCCO2)c2cnn(Cc3cccs3)c2n1. The van der Waals surface area contributed by atoms with E-state index >= 15 is 0 Å². The van der Waals surface area contributed by atoms with Crippen LogP contribution in [0.4, 0.5) is 0 Å². The summed E-state index contributed by atoms with van der Waals surface area (Å²) in [6.45, 7) is 4.03. The van der Waals surface area contributed by atoms with E-state index in [2.05, 4.69) is 21.5 Å². The Morgan fingerprint density at radius 2 is 2.42 bits per heavy atom. The maximum atomic E-state index is 12.7. The van der Waals surface area contributed by atoms with Crippen molar-refractivity contribution in [1.29, 1.82) is 0 Å². The Kier molecular flexibility index (Phi) is 4.99. The normalized spacial score (nSPS) is 17.0. The third-order valence-electron chi connectivity index (χ3n) is 4.64. The van der Waals surface area contributed by atoms with E-state index in [1.165, 1.54) is 4.88 Å². The van der Waals surface area contributed by atoms with Gasteiger partial charge in [-0.05, 0) is 43.7 Å². The predicted octanol–water partition coefficient (Wildman–Crippen LogP) is 3.15. The molecule has 6 nitrogen and oxygen atoms in total. The lowest BCUT2D eigenvalue weighted by Gasteiger charge is -2.11. The number of nitrogens with zero attached hydrogens (tertiary/aromatic N) is 3. The van der Waals surface area contributed by atoms with Crippen LogP contribution in [-0.4, -0.2) is 39.9 Å². The topological polar surface area (TPSA) is 69.0 Å². The van der Waals surface area contributed by atoms with Crippen molar-refractivity contribution >= 4 is 28.3 Å². The highest BCUT2D eigenvalue weighted by Gasteiger charge is 2.18. The number of carbonyl (C=O) groups excluding carboxylic acids is 1. The third-order valence-corrected chi connectivity index (χ3v) is 5.50. The van der Waals surface area contributed by atoms with Gasteiger partial charge in [0.1, 0.15) is 0 Å². The summed E-state index contributed by atoms with van der Waals surface area (Å²) in [5.74, 6) is -0.0748. The van der Waals surface area contributed by atoms with Crippen molar-refractivity contribution in [2.24, 2.45) is 0 Å². The van der Waals surface area contributed by atoms with Crippen LogP contribution in [0.5, 0.6) is 0 Å². The van der Waals surface area contributed by atoms with Gasteiger partial charge < -0.3 is 10.1 Å². The lowest BCUT2D eigenvalue weighted by Crippen LogP contribution is -2.27. The number of thiophene rings is 1. The predicted molar refractivity (Wildman–Crippen MR) is 102 cm³/mol. The monoisotopic (exact) mass is 370 g/mol. The Morgan fingerprint density at radius 1 is 1.50 bits per heavy atom. The number of nitrogens with one attached hydrogen (secondary N) is 1. The first-order chi connectivity index (χ1) is 12.7. The summed E-state index contributed by atoms with van der Waals surface area (Å²) in [6.07, 6.45) is 5.08. The molecule has 1 saturated heterocycles. The van der Waals surface area contributed by atoms with Crippen molar-refractivity contribution in [3.63, 3.8) is 0 Å². The molecule has 0 radical (unpaired) electrons. The number of amides is 1. The zero-order valence-electron chi connectivity index (χ0n) is 14.8. The second kappa shape index (κ2) is 7.55. The van der Waals surface area contributed by atoms with Crippen LogP contribution < -0.4 is 5.32 Å². The van der Waals surface area contributed by atoms with Crippen molar-refractivity contribution in [3.8, 4) is 0 Å². The number of fused-ring (bicyclic) bond motifs is 1. The molecule has 0 aromatic carbocycles. The van der Waals surface area contributed by atoms with Crippen LogP contribution in [-0.2, 0) is 11.3 Å². The molecule has 1 atom stereocenters. The first-order valence-electron chi connectivity index (χ1n) is 8.96. The summed E-state index contributed by atoms with van der Waals surface area (Å²) in [5.41, 5.74) is 2.20. The second-order valence-corrected chi connectivity index (χ2v) is 7.64. The summed E-state index contributed by atoms with van der Waals surface area (Å²) >= 11 is 1.69. The zero-order chi connectivity index (χ0) is 17.9. The van der Waals surface area contributed by atoms with Crippen molar-refractivity contribution in [2.45, 2.75) is 38.8 Å². The molecule has 0 aliphatic carbocycles. The smallest absolute Gasteiger partial charge is 0.252 e. The van der Waals surface area contributed by atoms with E-state index in [0.717, 1.165) is 42.6 Å². The van der Waals surface area contributed by atoms with E-state index in [1.807, 2.05) is 29.1 Å². The molecule has 0 spiro atoms. The molecule has 136 valence electrons. The van der Waals surface area contributed by atoms with E-state index in [0.29, 0.717) is 18.7 Å². The van der Waals surface area contributed by atoms with Gasteiger partial charge in [-0.15, -0.1) is 11.3 Å². The Hall–Kier alpha value is -2.25. The summed E-state index contributed by atoms with van der Waals surface area (Å²) in [4.78, 5) is 18.5. The lowest BCUT2D eigenvalue weighted by atomic mass is 10.1. The maximum absolute atomic E-state index is 12.7. The number of hydrogen-bond donors (Lipinski definition) is 1. The molecule has 26 heavy (non-hydrogen) atoms. The molecule has 4 rings (SSSR count). The van der Waals surface area contributed by atoms with Crippen LogP contribution in [0.15, 0.2) is 29.8 Å². The van der Waals surface area contributed by atoms with Gasteiger partial charge in [0.05, 0.1) is 29.8 Å². The quantitative estimate of drug-likeness (QED) is 0.724. The van der Waals surface area contributed by atoms with Crippen molar-refractivity contribution in [2.75, 3.05) is 13.2 Å². The maximum Gasteiger partial charge on any atom is 0.252 e. The van der Waals surface area contributed by atoms with E-state index in [-0.39, 0.29) is 12.0 Å². The number of carbonyl (C=O) groups is 1. The number of ether oxygens (including phenoxy) is 1. The van der Waals surface area contributed by atoms with E-state index in [4.69, 9.17) is 4.74 Å². The van der Waals surface area contributed by atoms with Gasteiger partial charge in [-0.25, -0.2) is 9.67 Å². The van der Waals surface area contributed by atoms with Crippen LogP contribution in [0.2, 0.25) is 0 Å². The van der Waals surface area contributed by atoms with E-state index in [1.54, 1.807) is 17.5 Å². The van der Waals surface area contributed by atoms with Gasteiger partial charge in [-0.2, -0.15) is 5.10 Å². The largest absolute Gasteiger partial charge is 0.378 e. The standard InChI is InChI=1S/C19H22N4O2S/c1-13-10-16(19(24)20-7-6-14-4-2-8-25-14)17-11-21-23(18(17)22-13)12-15-5-3-9-26-15/h3,5,9-11,14H,2,4,6-8,12H2,1H3,(H,20,24). The number of aryl methyl sites for hydroxylation is 1. The third kappa shape index (κ3) is 3.64. The summed E-state index contributed by atoms with van der Waals surface area (Å²) in [7, 11) is 0. The average molecular weight is 370 g/mol. The Bertz CT molecular complexity index is 898. The van der Waals surface area contributed by atoms with Crippen molar-refractivity contribution < 1.29 is 9.53 Å². The molecular formula is C19H22N4O2S. The average Bonchev–Trinajstić information content (AvgIpc) is 3.37. The van der Waals surface area contributed by atoms with Gasteiger partial charge >= 0.3 is 0 Å². The van der Waals surface area contributed by atoms with Crippen LogP contribution >= 0.6 is 11.3 Å². The molecule has 1 fully saturated rings. The van der Waals surface area contributed by atoms with Gasteiger partial charge in [0.25, 0.3) is 5.91 Å². The molecule has 3 aromatic heterocycles. The number of hydrogen-bond acceptors (Lipinski definition) is 5. The molecule has 0 bridgehead atoms. The fourth-order valence-corrected chi connectivity index (χ4v) is 4.03. The van der Waals surface area contributed by atoms with Gasteiger partial charge in [0.2, 0.25) is 0 Å². The number of aromatic nitrogens is 3. The number of rotatable bonds is 6. The first kappa shape index (κ1) is 17.2. The zero-order valence-corrected chi connectivity index (χ0v) is 15.6. The Morgan fingerprint density at radius 3 is 3.19 bits per heavy atom. The molecule has 3 aromatic rings. The lowest BCUT2D eigenvalue weighted by molar-refractivity contribution is 0.0908. The first-order valence-corrected chi connectivity index (χ1v) is 9.84. The minimum absolute atomic E-state index is 0.0748. The molecule has 4 heterocycles. The van der Waals surface area contributed by atoms with Gasteiger partial charge in [-0.1, -0.05) is 6.07 Å². The van der Waals surface area contributed by atoms with E-state index < -0.39 is 0 Å². The summed E-state index contributed by atoms with van der Waals surface area (Å²) < 4.78 is 7.47. The highest BCUT2D eigenvalue weighted by Crippen LogP contribution is 2.21. The second-order valence-electron chi connectivity index (χ2n) is 6.61. The summed E-state index contributed by atoms with van der Waals surface area (Å²) in [6, 6.07) is 5.94. The minimum Gasteiger partial charge on any atom is -0.378 e. The van der Waals surface area contributed by atoms with Gasteiger partial charge in [0.15, 0.2) is 5.65 Å². The van der Waals surface area contributed by atoms with Crippen molar-refractivity contribution in [1.82, 2.24) is 20.1 Å². The van der Waals surface area contributed by atoms with E-state index in [9.17, 15) is 4.79 Å². The summed E-state index contributed by atoms with van der Waals surface area (Å²) in [5, 5.41) is 10.3. The highest BCUT2D eigenvalue weighted by atomic mass is 32.1. The molecule has 7 heteroatoms. The van der Waals surface area contributed by atoms with Crippen LogP contribution in [0.25, 0.3) is 11.0 Å². The fourth-order valence-electron chi connectivity index (χ4n) is 3.34. The molecule has 1 amide bonds. The highest BCUT2D eigenvalue weighted by molar-refractivity contribution is 7.09. The molecule has 1 unspecified atom stereocenters. The van der Waals surface area contributed by atoms with Crippen LogP contribution in [0.1, 0.15) is 40.2 Å². The molecular weight excluding hydrogens is 348 g/mol. The minimum atomic E-state index is -0.0748. The van der Waals surface area contributed by atoms with Crippen LogP contribution in [0.3, 0.4) is 0 Å².